The molecule has 1 aliphatic rings. The van der Waals surface area contributed by atoms with Crippen molar-refractivity contribution in [1.82, 2.24) is 5.32 Å². The zero-order valence-corrected chi connectivity index (χ0v) is 12.7. The van der Waals surface area contributed by atoms with Gasteiger partial charge in [0.15, 0.2) is 9.84 Å². The first-order valence-electron chi connectivity index (χ1n) is 7.24. The summed E-state index contributed by atoms with van der Waals surface area (Å²) >= 11 is 0. The fraction of sp³-hybridized carbons (Fsp3) is 0.600. The molecule has 2 atom stereocenters. The molecule has 0 bridgehead atoms. The van der Waals surface area contributed by atoms with E-state index in [1.54, 1.807) is 12.1 Å². The third-order valence-electron chi connectivity index (χ3n) is 4.07. The molecule has 112 valence electrons. The molecule has 0 saturated carbocycles. The van der Waals surface area contributed by atoms with Gasteiger partial charge in [0.25, 0.3) is 0 Å². The second-order valence-electron chi connectivity index (χ2n) is 5.39. The van der Waals surface area contributed by atoms with E-state index < -0.39 is 9.84 Å². The molecule has 0 radical (unpaired) electrons. The third-order valence-corrected chi connectivity index (χ3v) is 5.89. The summed E-state index contributed by atoms with van der Waals surface area (Å²) in [4.78, 5) is 0.471. The Labute approximate surface area is 121 Å². The van der Waals surface area contributed by atoms with Crippen LogP contribution in [0.1, 0.15) is 37.8 Å². The van der Waals surface area contributed by atoms with Crippen LogP contribution in [0.15, 0.2) is 29.2 Å². The maximum absolute atomic E-state index is 12.1. The minimum atomic E-state index is -3.11. The summed E-state index contributed by atoms with van der Waals surface area (Å²) in [6, 6.07) is 7.36. The van der Waals surface area contributed by atoms with Crippen molar-refractivity contribution in [2.24, 2.45) is 5.92 Å². The minimum Gasteiger partial charge on any atom is -0.396 e. The number of hydrogen-bond donors (Lipinski definition) is 2. The van der Waals surface area contributed by atoms with Crippen LogP contribution in [0.4, 0.5) is 0 Å². The van der Waals surface area contributed by atoms with Gasteiger partial charge in [0.05, 0.1) is 10.6 Å². The Morgan fingerprint density at radius 1 is 1.40 bits per heavy atom. The van der Waals surface area contributed by atoms with Crippen molar-refractivity contribution in [3.8, 4) is 0 Å². The summed E-state index contributed by atoms with van der Waals surface area (Å²) in [5.74, 6) is 0.643. The second-order valence-corrected chi connectivity index (χ2v) is 7.47. The van der Waals surface area contributed by atoms with Crippen molar-refractivity contribution in [3.05, 3.63) is 29.8 Å². The lowest BCUT2D eigenvalue weighted by molar-refractivity contribution is 0.248. The molecule has 2 unspecified atom stereocenters. The number of aliphatic hydroxyl groups is 1. The molecule has 1 aromatic rings. The van der Waals surface area contributed by atoms with Gasteiger partial charge in [0.1, 0.15) is 0 Å². The number of benzene rings is 1. The molecule has 1 aromatic carbocycles. The molecule has 0 amide bonds. The Morgan fingerprint density at radius 3 is 2.85 bits per heavy atom. The van der Waals surface area contributed by atoms with Crippen LogP contribution in [0.3, 0.4) is 0 Å². The van der Waals surface area contributed by atoms with E-state index in [1.807, 2.05) is 12.1 Å². The van der Waals surface area contributed by atoms with Crippen LogP contribution in [0.2, 0.25) is 0 Å². The van der Waals surface area contributed by atoms with E-state index in [9.17, 15) is 8.42 Å². The van der Waals surface area contributed by atoms with Crippen LogP contribution in [0, 0.1) is 5.92 Å². The maximum atomic E-state index is 12.1. The molecular formula is C15H23NO3S. The van der Waals surface area contributed by atoms with Gasteiger partial charge in [-0.05, 0) is 36.9 Å². The highest BCUT2D eigenvalue weighted by atomic mass is 32.2. The first kappa shape index (κ1) is 15.5. The minimum absolute atomic E-state index is 0.0995. The number of hydrogen-bond acceptors (Lipinski definition) is 4. The lowest BCUT2D eigenvalue weighted by Gasteiger charge is -2.28. The van der Waals surface area contributed by atoms with Crippen molar-refractivity contribution < 1.29 is 13.5 Å². The SMILES string of the molecule is CCC(CCO)CNC1CCS(=O)(=O)c2ccccc21. The topological polar surface area (TPSA) is 66.4 Å². The number of aliphatic hydroxyl groups excluding tert-OH is 1. The highest BCUT2D eigenvalue weighted by Crippen LogP contribution is 2.32. The molecule has 1 heterocycles. The van der Waals surface area contributed by atoms with Gasteiger partial charge in [0, 0.05) is 12.6 Å². The Morgan fingerprint density at radius 2 is 2.15 bits per heavy atom. The van der Waals surface area contributed by atoms with Gasteiger partial charge in [-0.3, -0.25) is 0 Å². The molecule has 5 heteroatoms. The van der Waals surface area contributed by atoms with Gasteiger partial charge >= 0.3 is 0 Å². The van der Waals surface area contributed by atoms with Crippen molar-refractivity contribution >= 4 is 9.84 Å². The fourth-order valence-electron chi connectivity index (χ4n) is 2.74. The second kappa shape index (κ2) is 6.70. The molecule has 0 fully saturated rings. The summed E-state index contributed by atoms with van der Waals surface area (Å²) in [5, 5.41) is 12.5. The van der Waals surface area contributed by atoms with E-state index in [1.165, 1.54) is 0 Å². The molecule has 1 aliphatic heterocycles. The average molecular weight is 297 g/mol. The van der Waals surface area contributed by atoms with Crippen LogP contribution in [0.25, 0.3) is 0 Å². The fourth-order valence-corrected chi connectivity index (χ4v) is 4.37. The maximum Gasteiger partial charge on any atom is 0.178 e. The van der Waals surface area contributed by atoms with Crippen LogP contribution in [0.5, 0.6) is 0 Å². The highest BCUT2D eigenvalue weighted by Gasteiger charge is 2.29. The van der Waals surface area contributed by atoms with Crippen LogP contribution < -0.4 is 5.32 Å². The van der Waals surface area contributed by atoms with Crippen LogP contribution in [-0.4, -0.2) is 32.4 Å². The van der Waals surface area contributed by atoms with E-state index >= 15 is 0 Å². The van der Waals surface area contributed by atoms with E-state index in [2.05, 4.69) is 12.2 Å². The lowest BCUT2D eigenvalue weighted by Crippen LogP contribution is -2.33. The number of rotatable bonds is 6. The van der Waals surface area contributed by atoms with Gasteiger partial charge in [-0.1, -0.05) is 31.5 Å². The summed E-state index contributed by atoms with van der Waals surface area (Å²) < 4.78 is 24.1. The van der Waals surface area contributed by atoms with Crippen molar-refractivity contribution in [2.75, 3.05) is 18.9 Å². The average Bonchev–Trinajstić information content (AvgIpc) is 2.45. The monoisotopic (exact) mass is 297 g/mol. The van der Waals surface area contributed by atoms with Gasteiger partial charge < -0.3 is 10.4 Å². The Bertz CT molecular complexity index is 542. The third kappa shape index (κ3) is 3.40. The predicted octanol–water partition coefficient (Wildman–Crippen LogP) is 1.90. The molecular weight excluding hydrogens is 274 g/mol. The Kier molecular flexibility index (Phi) is 5.18. The first-order chi connectivity index (χ1) is 9.58. The Hall–Kier alpha value is -0.910. The quantitative estimate of drug-likeness (QED) is 0.841. The molecule has 0 aliphatic carbocycles. The van der Waals surface area contributed by atoms with Crippen molar-refractivity contribution in [1.29, 1.82) is 0 Å². The summed E-state index contributed by atoms with van der Waals surface area (Å²) in [5.41, 5.74) is 0.887. The normalized spacial score (nSPS) is 22.2. The summed E-state index contributed by atoms with van der Waals surface area (Å²) in [6.45, 7) is 3.13. The summed E-state index contributed by atoms with van der Waals surface area (Å²) in [6.07, 6.45) is 2.42. The number of sulfone groups is 1. The van der Waals surface area contributed by atoms with Gasteiger partial charge in [-0.15, -0.1) is 0 Å². The van der Waals surface area contributed by atoms with Gasteiger partial charge in [-0.2, -0.15) is 0 Å². The molecule has 0 aromatic heterocycles. The predicted molar refractivity (Wildman–Crippen MR) is 79.3 cm³/mol. The molecule has 2 N–H and O–H groups in total. The smallest absolute Gasteiger partial charge is 0.178 e. The van der Waals surface area contributed by atoms with Gasteiger partial charge in [-0.25, -0.2) is 8.42 Å². The highest BCUT2D eigenvalue weighted by molar-refractivity contribution is 7.91. The zero-order valence-electron chi connectivity index (χ0n) is 11.9. The lowest BCUT2D eigenvalue weighted by atomic mass is 10.00. The van der Waals surface area contributed by atoms with Crippen molar-refractivity contribution in [2.45, 2.75) is 37.1 Å². The molecule has 2 rings (SSSR count). The van der Waals surface area contributed by atoms with E-state index in [0.29, 0.717) is 17.2 Å². The number of fused-ring (bicyclic) bond motifs is 1. The number of nitrogens with one attached hydrogen (secondary N) is 1. The van der Waals surface area contributed by atoms with E-state index in [0.717, 1.165) is 24.9 Å². The molecule has 20 heavy (non-hydrogen) atoms. The largest absolute Gasteiger partial charge is 0.396 e. The van der Waals surface area contributed by atoms with Crippen LogP contribution in [-0.2, 0) is 9.84 Å². The summed E-state index contributed by atoms with van der Waals surface area (Å²) in [7, 11) is -3.11. The van der Waals surface area contributed by atoms with E-state index in [4.69, 9.17) is 5.11 Å². The van der Waals surface area contributed by atoms with Crippen molar-refractivity contribution in [3.63, 3.8) is 0 Å². The molecule has 4 nitrogen and oxygen atoms in total. The first-order valence-corrected chi connectivity index (χ1v) is 8.89. The zero-order chi connectivity index (χ0) is 14.6. The Balaban J connectivity index is 2.11. The van der Waals surface area contributed by atoms with E-state index in [-0.39, 0.29) is 18.4 Å². The molecule has 0 saturated heterocycles. The molecule has 0 spiro atoms. The van der Waals surface area contributed by atoms with Crippen LogP contribution >= 0.6 is 0 Å². The van der Waals surface area contributed by atoms with Gasteiger partial charge in [0.2, 0.25) is 0 Å². The standard InChI is InChI=1S/C15H23NO3S/c1-2-12(7-9-17)11-16-14-8-10-20(18,19)15-6-4-3-5-13(14)15/h3-6,12,14,16-17H,2,7-11H2,1H3.